The van der Waals surface area contributed by atoms with Crippen LogP contribution in [0.5, 0.6) is 0 Å². The standard InChI is InChI=1S/C22H13F3N2O2/c23-22(24,25)16-9-6-14(7-10-16)20-19(13-4-2-1-3-5-13)26-17-11-8-15(21(28)29)12-18(17)27-20/h1-12H,(H,28,29). The van der Waals surface area contributed by atoms with Gasteiger partial charge in [-0.25, -0.2) is 14.8 Å². The zero-order valence-corrected chi connectivity index (χ0v) is 14.8. The average molecular weight is 394 g/mol. The number of rotatable bonds is 3. The molecule has 0 saturated carbocycles. The maximum Gasteiger partial charge on any atom is 0.416 e. The van der Waals surface area contributed by atoms with E-state index in [1.165, 1.54) is 24.3 Å². The zero-order valence-electron chi connectivity index (χ0n) is 14.8. The van der Waals surface area contributed by atoms with E-state index in [1.54, 1.807) is 6.07 Å². The summed E-state index contributed by atoms with van der Waals surface area (Å²) in [4.78, 5) is 20.4. The van der Waals surface area contributed by atoms with Crippen LogP contribution < -0.4 is 0 Å². The Hall–Kier alpha value is -3.74. The van der Waals surface area contributed by atoms with Crippen molar-refractivity contribution in [1.29, 1.82) is 0 Å². The van der Waals surface area contributed by atoms with E-state index in [-0.39, 0.29) is 5.56 Å². The van der Waals surface area contributed by atoms with Crippen LogP contribution in [0, 0.1) is 0 Å². The molecule has 4 nitrogen and oxygen atoms in total. The quantitative estimate of drug-likeness (QED) is 0.486. The molecule has 0 amide bonds. The summed E-state index contributed by atoms with van der Waals surface area (Å²) in [6.45, 7) is 0. The van der Waals surface area contributed by atoms with Gasteiger partial charge in [-0.3, -0.25) is 0 Å². The number of carboxylic acids is 1. The maximum atomic E-state index is 12.9. The highest BCUT2D eigenvalue weighted by molar-refractivity contribution is 5.94. The lowest BCUT2D eigenvalue weighted by molar-refractivity contribution is -0.137. The second-order valence-electron chi connectivity index (χ2n) is 6.37. The van der Waals surface area contributed by atoms with Crippen LogP contribution in [0.4, 0.5) is 13.2 Å². The zero-order chi connectivity index (χ0) is 20.6. The van der Waals surface area contributed by atoms with Gasteiger partial charge in [0.1, 0.15) is 0 Å². The van der Waals surface area contributed by atoms with Gasteiger partial charge >= 0.3 is 12.1 Å². The van der Waals surface area contributed by atoms with Gasteiger partial charge in [-0.15, -0.1) is 0 Å². The molecule has 0 saturated heterocycles. The topological polar surface area (TPSA) is 63.1 Å². The van der Waals surface area contributed by atoms with Crippen LogP contribution in [0.1, 0.15) is 15.9 Å². The number of fused-ring (bicyclic) bond motifs is 1. The summed E-state index contributed by atoms with van der Waals surface area (Å²) in [5.74, 6) is -1.10. The Kier molecular flexibility index (Phi) is 4.50. The highest BCUT2D eigenvalue weighted by atomic mass is 19.4. The van der Waals surface area contributed by atoms with E-state index < -0.39 is 17.7 Å². The van der Waals surface area contributed by atoms with E-state index in [1.807, 2.05) is 30.3 Å². The maximum absolute atomic E-state index is 12.9. The monoisotopic (exact) mass is 394 g/mol. The smallest absolute Gasteiger partial charge is 0.416 e. The Morgan fingerprint density at radius 1 is 0.759 bits per heavy atom. The summed E-state index contributed by atoms with van der Waals surface area (Å²) < 4.78 is 38.7. The van der Waals surface area contributed by atoms with E-state index in [0.717, 1.165) is 17.7 Å². The lowest BCUT2D eigenvalue weighted by Crippen LogP contribution is -2.04. The molecule has 0 unspecified atom stereocenters. The van der Waals surface area contributed by atoms with Gasteiger partial charge in [0, 0.05) is 11.1 Å². The molecule has 4 rings (SSSR count). The van der Waals surface area contributed by atoms with Gasteiger partial charge in [0.2, 0.25) is 0 Å². The van der Waals surface area contributed by atoms with Crippen molar-refractivity contribution in [3.8, 4) is 22.5 Å². The lowest BCUT2D eigenvalue weighted by Gasteiger charge is -2.12. The van der Waals surface area contributed by atoms with E-state index in [9.17, 15) is 23.1 Å². The van der Waals surface area contributed by atoms with Gasteiger partial charge < -0.3 is 5.11 Å². The lowest BCUT2D eigenvalue weighted by atomic mass is 10.0. The number of alkyl halides is 3. The fraction of sp³-hybridized carbons (Fsp3) is 0.0455. The number of halogens is 3. The first-order chi connectivity index (χ1) is 13.8. The van der Waals surface area contributed by atoms with Crippen LogP contribution in [0.2, 0.25) is 0 Å². The molecule has 0 atom stereocenters. The average Bonchev–Trinajstić information content (AvgIpc) is 2.72. The fourth-order valence-corrected chi connectivity index (χ4v) is 3.00. The normalized spacial score (nSPS) is 11.6. The van der Waals surface area contributed by atoms with Crippen molar-refractivity contribution in [2.24, 2.45) is 0 Å². The Labute approximate surface area is 163 Å². The molecule has 1 heterocycles. The first-order valence-electron chi connectivity index (χ1n) is 8.61. The molecule has 0 bridgehead atoms. The van der Waals surface area contributed by atoms with Crippen molar-refractivity contribution in [3.05, 3.63) is 83.9 Å². The van der Waals surface area contributed by atoms with E-state index in [4.69, 9.17) is 0 Å². The summed E-state index contributed by atoms with van der Waals surface area (Å²) in [7, 11) is 0. The van der Waals surface area contributed by atoms with Gasteiger partial charge in [0.15, 0.2) is 0 Å². The largest absolute Gasteiger partial charge is 0.478 e. The summed E-state index contributed by atoms with van der Waals surface area (Å²) in [6.07, 6.45) is -4.44. The van der Waals surface area contributed by atoms with Crippen LogP contribution >= 0.6 is 0 Å². The minimum Gasteiger partial charge on any atom is -0.478 e. The molecule has 29 heavy (non-hydrogen) atoms. The second-order valence-corrected chi connectivity index (χ2v) is 6.37. The molecule has 1 N–H and O–H groups in total. The van der Waals surface area contributed by atoms with Crippen LogP contribution in [0.3, 0.4) is 0 Å². The Balaban J connectivity index is 1.95. The predicted octanol–water partition coefficient (Wildman–Crippen LogP) is 5.68. The van der Waals surface area contributed by atoms with Gasteiger partial charge in [-0.2, -0.15) is 13.2 Å². The van der Waals surface area contributed by atoms with Crippen LogP contribution in [-0.2, 0) is 6.18 Å². The SMILES string of the molecule is O=C(O)c1ccc2nc(-c3ccccc3)c(-c3ccc(C(F)(F)F)cc3)nc2c1. The number of nitrogens with zero attached hydrogens (tertiary/aromatic N) is 2. The number of carbonyl (C=O) groups is 1. The van der Waals surface area contributed by atoms with Crippen LogP contribution in [0.15, 0.2) is 72.8 Å². The summed E-state index contributed by atoms with van der Waals surface area (Å²) in [6, 6.07) is 18.2. The van der Waals surface area contributed by atoms with Gasteiger partial charge in [0.25, 0.3) is 0 Å². The van der Waals surface area contributed by atoms with Crippen molar-refractivity contribution in [3.63, 3.8) is 0 Å². The number of hydrogen-bond donors (Lipinski definition) is 1. The highest BCUT2D eigenvalue weighted by Gasteiger charge is 2.30. The molecular weight excluding hydrogens is 381 g/mol. The number of carboxylic acid groups (broad SMARTS) is 1. The van der Waals surface area contributed by atoms with Crippen molar-refractivity contribution < 1.29 is 23.1 Å². The van der Waals surface area contributed by atoms with E-state index in [2.05, 4.69) is 9.97 Å². The highest BCUT2D eigenvalue weighted by Crippen LogP contribution is 2.34. The summed E-state index contributed by atoms with van der Waals surface area (Å²) in [5.41, 5.74) is 2.21. The van der Waals surface area contributed by atoms with Crippen LogP contribution in [-0.4, -0.2) is 21.0 Å². The molecular formula is C22H13F3N2O2. The third-order valence-corrected chi connectivity index (χ3v) is 4.44. The van der Waals surface area contributed by atoms with Gasteiger partial charge in [0.05, 0.1) is 33.5 Å². The van der Waals surface area contributed by atoms with Crippen molar-refractivity contribution in [2.45, 2.75) is 6.18 Å². The van der Waals surface area contributed by atoms with Crippen molar-refractivity contribution in [2.75, 3.05) is 0 Å². The third-order valence-electron chi connectivity index (χ3n) is 4.44. The molecule has 0 aliphatic heterocycles. The molecule has 0 radical (unpaired) electrons. The van der Waals surface area contributed by atoms with Crippen LogP contribution in [0.25, 0.3) is 33.5 Å². The number of aromatic carboxylic acids is 1. The summed E-state index contributed by atoms with van der Waals surface area (Å²) >= 11 is 0. The van der Waals surface area contributed by atoms with E-state index >= 15 is 0 Å². The molecule has 1 aromatic heterocycles. The predicted molar refractivity (Wildman–Crippen MR) is 102 cm³/mol. The Morgan fingerprint density at radius 3 is 1.93 bits per heavy atom. The summed E-state index contributed by atoms with van der Waals surface area (Å²) in [5, 5.41) is 9.22. The Morgan fingerprint density at radius 2 is 1.34 bits per heavy atom. The number of aromatic nitrogens is 2. The van der Waals surface area contributed by atoms with Gasteiger partial charge in [-0.05, 0) is 30.3 Å². The molecule has 144 valence electrons. The molecule has 3 aromatic carbocycles. The molecule has 4 aromatic rings. The number of benzene rings is 3. The van der Waals surface area contributed by atoms with Crippen molar-refractivity contribution in [1.82, 2.24) is 9.97 Å². The minimum absolute atomic E-state index is 0.0534. The second kappa shape index (κ2) is 7.01. The first kappa shape index (κ1) is 18.6. The molecule has 0 fully saturated rings. The molecule has 7 heteroatoms. The molecule has 0 aliphatic rings. The number of hydrogen-bond acceptors (Lipinski definition) is 3. The first-order valence-corrected chi connectivity index (χ1v) is 8.61. The Bertz CT molecular complexity index is 1200. The minimum atomic E-state index is -4.44. The van der Waals surface area contributed by atoms with Crippen molar-refractivity contribution >= 4 is 17.0 Å². The van der Waals surface area contributed by atoms with E-state index in [0.29, 0.717) is 28.0 Å². The molecule has 0 aliphatic carbocycles. The third kappa shape index (κ3) is 3.67. The molecule has 0 spiro atoms. The van der Waals surface area contributed by atoms with Gasteiger partial charge in [-0.1, -0.05) is 42.5 Å². The fourth-order valence-electron chi connectivity index (χ4n) is 3.00.